The lowest BCUT2D eigenvalue weighted by molar-refractivity contribution is -0.148. The summed E-state index contributed by atoms with van der Waals surface area (Å²) in [5, 5.41) is 0.986. The van der Waals surface area contributed by atoms with Crippen LogP contribution in [0.5, 0.6) is 0 Å². The fourth-order valence-corrected chi connectivity index (χ4v) is 3.79. The normalized spacial score (nSPS) is 38.8. The maximum absolute atomic E-state index is 6.40. The molecule has 0 aromatic carbocycles. The summed E-state index contributed by atoms with van der Waals surface area (Å²) in [5.74, 6) is 0. The summed E-state index contributed by atoms with van der Waals surface area (Å²) in [6.45, 7) is 4.31. The van der Waals surface area contributed by atoms with Crippen LogP contribution in [0, 0.1) is 0 Å². The largest absolute Gasteiger partial charge is 0.375 e. The van der Waals surface area contributed by atoms with Gasteiger partial charge >= 0.3 is 0 Å². The summed E-state index contributed by atoms with van der Waals surface area (Å²) in [5.41, 5.74) is 0.126. The van der Waals surface area contributed by atoms with Crippen molar-refractivity contribution in [2.24, 2.45) is 0 Å². The molecule has 1 aliphatic heterocycles. The maximum atomic E-state index is 6.40. The maximum Gasteiger partial charge on any atom is 0.0782 e. The Hall–Kier alpha value is 0.400. The highest BCUT2D eigenvalue weighted by molar-refractivity contribution is 9.09. The first-order valence-corrected chi connectivity index (χ1v) is 7.65. The van der Waals surface area contributed by atoms with Gasteiger partial charge in [-0.3, -0.25) is 0 Å². The number of halogens is 1. The van der Waals surface area contributed by atoms with Crippen molar-refractivity contribution < 1.29 is 9.47 Å². The van der Waals surface area contributed by atoms with Crippen LogP contribution in [0.4, 0.5) is 0 Å². The van der Waals surface area contributed by atoms with Crippen molar-refractivity contribution in [3.05, 3.63) is 0 Å². The third kappa shape index (κ3) is 2.99. The molecule has 1 aliphatic carbocycles. The molecule has 94 valence electrons. The van der Waals surface area contributed by atoms with Crippen LogP contribution in [-0.2, 0) is 9.47 Å². The van der Waals surface area contributed by atoms with E-state index in [2.05, 4.69) is 29.8 Å². The van der Waals surface area contributed by atoms with Gasteiger partial charge in [0.25, 0.3) is 0 Å². The van der Waals surface area contributed by atoms with E-state index >= 15 is 0 Å². The second kappa shape index (κ2) is 5.36. The molecule has 2 atom stereocenters. The number of hydrogen-bond donors (Lipinski definition) is 0. The van der Waals surface area contributed by atoms with Gasteiger partial charge in [-0.15, -0.1) is 0 Å². The number of hydrogen-bond acceptors (Lipinski definition) is 2. The summed E-state index contributed by atoms with van der Waals surface area (Å²) in [6.07, 6.45) is 8.29. The lowest BCUT2D eigenvalue weighted by Gasteiger charge is -2.38. The monoisotopic (exact) mass is 290 g/mol. The van der Waals surface area contributed by atoms with Gasteiger partial charge in [0.1, 0.15) is 0 Å². The fraction of sp³-hybridized carbons (Fsp3) is 1.00. The van der Waals surface area contributed by atoms with Crippen molar-refractivity contribution in [2.75, 3.05) is 5.33 Å². The molecule has 2 rings (SSSR count). The molecular formula is C13H23BrO2. The first-order valence-electron chi connectivity index (χ1n) is 6.53. The molecule has 0 bridgehead atoms. The molecule has 3 heteroatoms. The minimum Gasteiger partial charge on any atom is -0.375 e. The van der Waals surface area contributed by atoms with Crippen LogP contribution in [0.15, 0.2) is 0 Å². The molecule has 0 spiro atoms. The quantitative estimate of drug-likeness (QED) is 0.739. The fourth-order valence-electron chi connectivity index (χ4n) is 3.10. The predicted molar refractivity (Wildman–Crippen MR) is 69.1 cm³/mol. The van der Waals surface area contributed by atoms with E-state index < -0.39 is 0 Å². The molecule has 2 fully saturated rings. The molecule has 2 unspecified atom stereocenters. The SMILES string of the molecule is CC1CC(OC2(CBr)CCCC2)CC(C)O1. The third-order valence-electron chi connectivity index (χ3n) is 3.83. The summed E-state index contributed by atoms with van der Waals surface area (Å²) in [7, 11) is 0. The molecule has 0 amide bonds. The van der Waals surface area contributed by atoms with Gasteiger partial charge in [-0.25, -0.2) is 0 Å². The van der Waals surface area contributed by atoms with Crippen molar-refractivity contribution in [2.45, 2.75) is 76.3 Å². The zero-order valence-corrected chi connectivity index (χ0v) is 12.0. The van der Waals surface area contributed by atoms with Crippen LogP contribution < -0.4 is 0 Å². The molecule has 0 aromatic heterocycles. The molecule has 1 saturated carbocycles. The summed E-state index contributed by atoms with van der Waals surface area (Å²) in [4.78, 5) is 0. The first-order chi connectivity index (χ1) is 7.63. The second-order valence-electron chi connectivity index (χ2n) is 5.49. The minimum atomic E-state index is 0.126. The van der Waals surface area contributed by atoms with Gasteiger partial charge < -0.3 is 9.47 Å². The van der Waals surface area contributed by atoms with Crippen LogP contribution in [0.3, 0.4) is 0 Å². The van der Waals surface area contributed by atoms with Crippen molar-refractivity contribution in [3.8, 4) is 0 Å². The van der Waals surface area contributed by atoms with Gasteiger partial charge in [-0.05, 0) is 39.5 Å². The molecule has 2 aliphatic rings. The van der Waals surface area contributed by atoms with E-state index in [1.165, 1.54) is 25.7 Å². The molecule has 1 heterocycles. The molecule has 0 radical (unpaired) electrons. The van der Waals surface area contributed by atoms with Crippen molar-refractivity contribution in [3.63, 3.8) is 0 Å². The van der Waals surface area contributed by atoms with Crippen molar-refractivity contribution >= 4 is 15.9 Å². The van der Waals surface area contributed by atoms with Gasteiger partial charge in [-0.2, -0.15) is 0 Å². The summed E-state index contributed by atoms with van der Waals surface area (Å²) in [6, 6.07) is 0. The predicted octanol–water partition coefficient (Wildman–Crippen LogP) is 3.67. The average Bonchev–Trinajstić information content (AvgIpc) is 2.65. The Morgan fingerprint density at radius 2 is 1.75 bits per heavy atom. The highest BCUT2D eigenvalue weighted by Crippen LogP contribution is 2.38. The minimum absolute atomic E-state index is 0.126. The van der Waals surface area contributed by atoms with E-state index in [0.29, 0.717) is 18.3 Å². The Kier molecular flexibility index (Phi) is 4.31. The van der Waals surface area contributed by atoms with Crippen LogP contribution in [0.1, 0.15) is 52.4 Å². The lowest BCUT2D eigenvalue weighted by atomic mass is 9.99. The van der Waals surface area contributed by atoms with Crippen molar-refractivity contribution in [1.82, 2.24) is 0 Å². The molecule has 0 aromatic rings. The van der Waals surface area contributed by atoms with E-state index in [-0.39, 0.29) is 5.60 Å². The number of rotatable bonds is 3. The van der Waals surface area contributed by atoms with Crippen LogP contribution >= 0.6 is 15.9 Å². The molecule has 0 N–H and O–H groups in total. The molecule has 1 saturated heterocycles. The number of ether oxygens (including phenoxy) is 2. The van der Waals surface area contributed by atoms with Crippen molar-refractivity contribution in [1.29, 1.82) is 0 Å². The second-order valence-corrected chi connectivity index (χ2v) is 6.05. The Balaban J connectivity index is 1.92. The molecule has 2 nitrogen and oxygen atoms in total. The van der Waals surface area contributed by atoms with E-state index in [1.54, 1.807) is 0 Å². The summed E-state index contributed by atoms with van der Waals surface area (Å²) >= 11 is 3.63. The van der Waals surface area contributed by atoms with Gasteiger partial charge in [0, 0.05) is 5.33 Å². The Labute approximate surface area is 107 Å². The van der Waals surface area contributed by atoms with Crippen LogP contribution in [0.25, 0.3) is 0 Å². The van der Waals surface area contributed by atoms with Crippen LogP contribution in [0.2, 0.25) is 0 Å². The Morgan fingerprint density at radius 1 is 1.19 bits per heavy atom. The van der Waals surface area contributed by atoms with E-state index in [1.807, 2.05) is 0 Å². The number of alkyl halides is 1. The van der Waals surface area contributed by atoms with Gasteiger partial charge in [-0.1, -0.05) is 28.8 Å². The zero-order chi connectivity index (χ0) is 11.6. The lowest BCUT2D eigenvalue weighted by Crippen LogP contribution is -2.41. The topological polar surface area (TPSA) is 18.5 Å². The van der Waals surface area contributed by atoms with Gasteiger partial charge in [0.15, 0.2) is 0 Å². The van der Waals surface area contributed by atoms with Crippen LogP contribution in [-0.4, -0.2) is 29.2 Å². The van der Waals surface area contributed by atoms with Gasteiger partial charge in [0.05, 0.1) is 23.9 Å². The summed E-state index contributed by atoms with van der Waals surface area (Å²) < 4.78 is 12.2. The first kappa shape index (κ1) is 12.8. The van der Waals surface area contributed by atoms with E-state index in [4.69, 9.17) is 9.47 Å². The van der Waals surface area contributed by atoms with Gasteiger partial charge in [0.2, 0.25) is 0 Å². The average molecular weight is 291 g/mol. The highest BCUT2D eigenvalue weighted by atomic mass is 79.9. The Bertz CT molecular complexity index is 216. The zero-order valence-electron chi connectivity index (χ0n) is 10.4. The van der Waals surface area contributed by atoms with E-state index in [9.17, 15) is 0 Å². The van der Waals surface area contributed by atoms with E-state index in [0.717, 1.165) is 18.2 Å². The molecule has 16 heavy (non-hydrogen) atoms. The third-order valence-corrected chi connectivity index (χ3v) is 4.85. The smallest absolute Gasteiger partial charge is 0.0782 e. The standard InChI is InChI=1S/C13H23BrO2/c1-10-7-12(8-11(2)15-10)16-13(9-14)5-3-4-6-13/h10-12H,3-9H2,1-2H3. The Morgan fingerprint density at radius 3 is 2.25 bits per heavy atom. The highest BCUT2D eigenvalue weighted by Gasteiger charge is 2.38. The molecular weight excluding hydrogens is 268 g/mol.